The van der Waals surface area contributed by atoms with Gasteiger partial charge >= 0.3 is 0 Å². The molecule has 0 aliphatic carbocycles. The van der Waals surface area contributed by atoms with Gasteiger partial charge in [-0.1, -0.05) is 0 Å². The number of aromatic nitrogens is 2. The van der Waals surface area contributed by atoms with Crippen LogP contribution in [-0.2, 0) is 4.79 Å². The van der Waals surface area contributed by atoms with E-state index < -0.39 is 0 Å². The minimum absolute atomic E-state index is 0.0383. The number of likely N-dealkylation sites (tertiary alicyclic amines) is 1. The molecule has 0 bridgehead atoms. The summed E-state index contributed by atoms with van der Waals surface area (Å²) in [6.45, 7) is 2.98. The highest BCUT2D eigenvalue weighted by atomic mass is 19.1. The summed E-state index contributed by atoms with van der Waals surface area (Å²) >= 11 is 0. The number of carbonyl (C=O) groups is 1. The van der Waals surface area contributed by atoms with Crippen LogP contribution in [0.25, 0.3) is 0 Å². The summed E-state index contributed by atoms with van der Waals surface area (Å²) in [4.78, 5) is 22.2. The van der Waals surface area contributed by atoms with Crippen LogP contribution < -0.4 is 9.47 Å². The number of piperidine rings is 1. The van der Waals surface area contributed by atoms with Crippen molar-refractivity contribution in [2.75, 3.05) is 19.7 Å². The maximum Gasteiger partial charge on any atom is 0.260 e. The van der Waals surface area contributed by atoms with Crippen LogP contribution in [-0.4, -0.2) is 46.6 Å². The highest BCUT2D eigenvalue weighted by Gasteiger charge is 2.24. The molecule has 6 nitrogen and oxygen atoms in total. The Kier molecular flexibility index (Phi) is 5.42. The van der Waals surface area contributed by atoms with E-state index in [0.29, 0.717) is 30.5 Å². The van der Waals surface area contributed by atoms with Crippen LogP contribution in [0.5, 0.6) is 11.6 Å². The van der Waals surface area contributed by atoms with Crippen molar-refractivity contribution in [3.63, 3.8) is 0 Å². The Bertz CT molecular complexity index is 716. The highest BCUT2D eigenvalue weighted by molar-refractivity contribution is 5.77. The molecular weight excluding hydrogens is 325 g/mol. The lowest BCUT2D eigenvalue weighted by atomic mass is 10.1. The van der Waals surface area contributed by atoms with Crippen LogP contribution >= 0.6 is 0 Å². The number of nitrogens with zero attached hydrogens (tertiary/aromatic N) is 3. The van der Waals surface area contributed by atoms with Crippen LogP contribution in [0.1, 0.15) is 18.7 Å². The SMILES string of the molecule is Cc1nccc(OC2CCN(C(=O)COc3ccc(F)cc3)CC2)n1. The third-order valence-electron chi connectivity index (χ3n) is 4.01. The molecule has 1 aromatic heterocycles. The lowest BCUT2D eigenvalue weighted by Crippen LogP contribution is -2.43. The molecule has 0 spiro atoms. The molecular formula is C18H20FN3O3. The first-order valence-corrected chi connectivity index (χ1v) is 8.22. The molecule has 0 saturated carbocycles. The summed E-state index contributed by atoms with van der Waals surface area (Å²) in [5.41, 5.74) is 0. The van der Waals surface area contributed by atoms with Crippen LogP contribution in [0.2, 0.25) is 0 Å². The third kappa shape index (κ3) is 4.89. The van der Waals surface area contributed by atoms with E-state index in [-0.39, 0.29) is 24.4 Å². The second-order valence-electron chi connectivity index (χ2n) is 5.88. The molecule has 1 aliphatic heterocycles. The van der Waals surface area contributed by atoms with Gasteiger partial charge in [0.2, 0.25) is 5.88 Å². The summed E-state index contributed by atoms with van der Waals surface area (Å²) in [5.74, 6) is 1.30. The van der Waals surface area contributed by atoms with Crippen molar-refractivity contribution in [1.29, 1.82) is 0 Å². The van der Waals surface area contributed by atoms with Gasteiger partial charge in [0.05, 0.1) is 0 Å². The Morgan fingerprint density at radius 3 is 2.64 bits per heavy atom. The molecule has 0 unspecified atom stereocenters. The topological polar surface area (TPSA) is 64.5 Å². The van der Waals surface area contributed by atoms with E-state index in [1.165, 1.54) is 24.3 Å². The van der Waals surface area contributed by atoms with E-state index >= 15 is 0 Å². The van der Waals surface area contributed by atoms with Crippen molar-refractivity contribution < 1.29 is 18.7 Å². The van der Waals surface area contributed by atoms with Gasteiger partial charge in [0.25, 0.3) is 5.91 Å². The average molecular weight is 345 g/mol. The molecule has 132 valence electrons. The van der Waals surface area contributed by atoms with Gasteiger partial charge in [-0.15, -0.1) is 0 Å². The fraction of sp³-hybridized carbons (Fsp3) is 0.389. The number of hydrogen-bond donors (Lipinski definition) is 0. The van der Waals surface area contributed by atoms with E-state index in [0.717, 1.165) is 12.8 Å². The van der Waals surface area contributed by atoms with E-state index in [9.17, 15) is 9.18 Å². The highest BCUT2D eigenvalue weighted by Crippen LogP contribution is 2.18. The van der Waals surface area contributed by atoms with Crippen molar-refractivity contribution >= 4 is 5.91 Å². The largest absolute Gasteiger partial charge is 0.484 e. The standard InChI is InChI=1S/C18H20FN3O3/c1-13-20-9-6-17(21-13)25-16-7-10-22(11-8-16)18(23)12-24-15-4-2-14(19)3-5-15/h2-6,9,16H,7-8,10-12H2,1H3. The Morgan fingerprint density at radius 1 is 1.24 bits per heavy atom. The molecule has 2 aromatic rings. The fourth-order valence-electron chi connectivity index (χ4n) is 2.66. The van der Waals surface area contributed by atoms with Gasteiger partial charge in [-0.25, -0.2) is 9.37 Å². The number of aryl methyl sites for hydroxylation is 1. The number of halogens is 1. The smallest absolute Gasteiger partial charge is 0.260 e. The van der Waals surface area contributed by atoms with Gasteiger partial charge < -0.3 is 14.4 Å². The molecule has 7 heteroatoms. The quantitative estimate of drug-likeness (QED) is 0.832. The van der Waals surface area contributed by atoms with Gasteiger partial charge in [0, 0.05) is 38.2 Å². The van der Waals surface area contributed by atoms with Crippen LogP contribution in [0.3, 0.4) is 0 Å². The molecule has 1 saturated heterocycles. The van der Waals surface area contributed by atoms with Gasteiger partial charge in [0.15, 0.2) is 6.61 Å². The first kappa shape index (κ1) is 17.1. The first-order chi connectivity index (χ1) is 12.1. The molecule has 3 rings (SSSR count). The van der Waals surface area contributed by atoms with Crippen molar-refractivity contribution in [1.82, 2.24) is 14.9 Å². The van der Waals surface area contributed by atoms with Crippen LogP contribution in [0.4, 0.5) is 4.39 Å². The summed E-state index contributed by atoms with van der Waals surface area (Å²) in [7, 11) is 0. The van der Waals surface area contributed by atoms with Crippen LogP contribution in [0.15, 0.2) is 36.5 Å². The number of hydrogen-bond acceptors (Lipinski definition) is 5. The zero-order valence-corrected chi connectivity index (χ0v) is 14.0. The van der Waals surface area contributed by atoms with E-state index in [2.05, 4.69) is 9.97 Å². The van der Waals surface area contributed by atoms with Gasteiger partial charge in [-0.3, -0.25) is 4.79 Å². The molecule has 25 heavy (non-hydrogen) atoms. The summed E-state index contributed by atoms with van der Waals surface area (Å²) in [5, 5.41) is 0. The van der Waals surface area contributed by atoms with Crippen molar-refractivity contribution in [3.05, 3.63) is 48.2 Å². The molecule has 2 heterocycles. The van der Waals surface area contributed by atoms with E-state index in [1.807, 2.05) is 6.92 Å². The Hall–Kier alpha value is -2.70. The second-order valence-corrected chi connectivity index (χ2v) is 5.88. The fourth-order valence-corrected chi connectivity index (χ4v) is 2.66. The molecule has 0 radical (unpaired) electrons. The normalized spacial score (nSPS) is 15.0. The monoisotopic (exact) mass is 345 g/mol. The maximum atomic E-state index is 12.8. The van der Waals surface area contributed by atoms with Crippen molar-refractivity contribution in [2.24, 2.45) is 0 Å². The minimum Gasteiger partial charge on any atom is -0.484 e. The Labute approximate surface area is 145 Å². The molecule has 0 N–H and O–H groups in total. The average Bonchev–Trinajstić information content (AvgIpc) is 2.62. The molecule has 1 aromatic carbocycles. The number of rotatable bonds is 5. The predicted molar refractivity (Wildman–Crippen MR) is 88.9 cm³/mol. The van der Waals surface area contributed by atoms with Crippen molar-refractivity contribution in [2.45, 2.75) is 25.9 Å². The first-order valence-electron chi connectivity index (χ1n) is 8.22. The van der Waals surface area contributed by atoms with E-state index in [1.54, 1.807) is 17.2 Å². The maximum absolute atomic E-state index is 12.8. The minimum atomic E-state index is -0.334. The zero-order chi connectivity index (χ0) is 17.6. The van der Waals surface area contributed by atoms with Gasteiger partial charge in [-0.2, -0.15) is 4.98 Å². The summed E-state index contributed by atoms with van der Waals surface area (Å²) in [6.07, 6.45) is 3.19. The van der Waals surface area contributed by atoms with Crippen molar-refractivity contribution in [3.8, 4) is 11.6 Å². The molecule has 1 amide bonds. The molecule has 0 atom stereocenters. The lowest BCUT2D eigenvalue weighted by Gasteiger charge is -2.31. The second kappa shape index (κ2) is 7.92. The van der Waals surface area contributed by atoms with Gasteiger partial charge in [0.1, 0.15) is 23.5 Å². The zero-order valence-electron chi connectivity index (χ0n) is 14.0. The number of ether oxygens (including phenoxy) is 2. The van der Waals surface area contributed by atoms with Gasteiger partial charge in [-0.05, 0) is 31.2 Å². The molecule has 1 aliphatic rings. The lowest BCUT2D eigenvalue weighted by molar-refractivity contribution is -0.135. The number of amides is 1. The molecule has 1 fully saturated rings. The Morgan fingerprint density at radius 2 is 1.96 bits per heavy atom. The van der Waals surface area contributed by atoms with E-state index in [4.69, 9.17) is 9.47 Å². The number of carbonyl (C=O) groups excluding carboxylic acids is 1. The van der Waals surface area contributed by atoms with Crippen LogP contribution in [0, 0.1) is 12.7 Å². The summed E-state index contributed by atoms with van der Waals surface area (Å²) < 4.78 is 24.1. The predicted octanol–water partition coefficient (Wildman–Crippen LogP) is 2.37. The Balaban J connectivity index is 1.43. The number of benzene rings is 1. The third-order valence-corrected chi connectivity index (χ3v) is 4.01. The summed E-state index contributed by atoms with van der Waals surface area (Å²) in [6, 6.07) is 7.36.